The number of hydrogen-bond donors (Lipinski definition) is 2. The Morgan fingerprint density at radius 2 is 2.05 bits per heavy atom. The van der Waals surface area contributed by atoms with E-state index in [0.29, 0.717) is 11.6 Å². The summed E-state index contributed by atoms with van der Waals surface area (Å²) >= 11 is 0. The maximum absolute atomic E-state index is 11.8. The van der Waals surface area contributed by atoms with Crippen molar-refractivity contribution >= 4 is 11.9 Å². The molecule has 2 N–H and O–H groups in total. The van der Waals surface area contributed by atoms with Crippen molar-refractivity contribution in [2.75, 3.05) is 0 Å². The quantitative estimate of drug-likeness (QED) is 0.714. The fourth-order valence-corrected chi connectivity index (χ4v) is 2.02. The fourth-order valence-electron chi connectivity index (χ4n) is 2.02. The van der Waals surface area contributed by atoms with Crippen LogP contribution in [0.25, 0.3) is 0 Å². The number of hydrogen-bond acceptors (Lipinski definition) is 4. The predicted octanol–water partition coefficient (Wildman–Crippen LogP) is 1.24. The van der Waals surface area contributed by atoms with Crippen molar-refractivity contribution in [1.29, 1.82) is 0 Å². The first-order valence-electron chi connectivity index (χ1n) is 7.27. The molecular weight excluding hydrogens is 272 g/mol. The largest absolute Gasteiger partial charge is 0.481 e. The van der Waals surface area contributed by atoms with Crippen LogP contribution in [0.15, 0.2) is 6.20 Å². The van der Waals surface area contributed by atoms with E-state index in [0.717, 1.165) is 19.3 Å². The third-order valence-electron chi connectivity index (χ3n) is 3.05. The van der Waals surface area contributed by atoms with E-state index in [2.05, 4.69) is 29.5 Å². The van der Waals surface area contributed by atoms with Crippen LogP contribution in [-0.2, 0) is 22.6 Å². The second-order valence-electron chi connectivity index (χ2n) is 5.77. The van der Waals surface area contributed by atoms with Crippen LogP contribution < -0.4 is 5.32 Å². The number of carbonyl (C=O) groups is 2. The predicted molar refractivity (Wildman–Crippen MR) is 77.7 cm³/mol. The van der Waals surface area contributed by atoms with Crippen molar-refractivity contribution in [2.24, 2.45) is 5.92 Å². The number of carbonyl (C=O) groups excluding carboxylic acids is 1. The number of nitrogens with one attached hydrogen (secondary N) is 1. The average molecular weight is 296 g/mol. The molecule has 0 aromatic carbocycles. The molecule has 0 radical (unpaired) electrons. The Morgan fingerprint density at radius 1 is 1.33 bits per heavy atom. The van der Waals surface area contributed by atoms with E-state index >= 15 is 0 Å². The third-order valence-corrected chi connectivity index (χ3v) is 3.05. The minimum atomic E-state index is -0.967. The van der Waals surface area contributed by atoms with Gasteiger partial charge in [0.25, 0.3) is 0 Å². The van der Waals surface area contributed by atoms with Gasteiger partial charge < -0.3 is 10.4 Å². The molecule has 1 aromatic rings. The smallest absolute Gasteiger partial charge is 0.309 e. The Balaban J connectivity index is 2.32. The van der Waals surface area contributed by atoms with Crippen molar-refractivity contribution in [3.05, 3.63) is 11.9 Å². The first-order chi connectivity index (χ1) is 9.86. The Bertz CT molecular complexity index is 471. The van der Waals surface area contributed by atoms with Gasteiger partial charge in [0.2, 0.25) is 5.91 Å². The molecule has 7 heteroatoms. The summed E-state index contributed by atoms with van der Waals surface area (Å²) in [5, 5.41) is 19.0. The summed E-state index contributed by atoms with van der Waals surface area (Å²) in [6, 6.07) is 0.123. The van der Waals surface area contributed by atoms with E-state index < -0.39 is 5.97 Å². The zero-order valence-corrected chi connectivity index (χ0v) is 12.9. The first kappa shape index (κ1) is 17.1. The van der Waals surface area contributed by atoms with Crippen molar-refractivity contribution in [2.45, 2.75) is 59.0 Å². The number of carboxylic acid groups (broad SMARTS) is 1. The zero-order valence-electron chi connectivity index (χ0n) is 12.9. The van der Waals surface area contributed by atoms with Gasteiger partial charge in [-0.3, -0.25) is 9.59 Å². The lowest BCUT2D eigenvalue weighted by molar-refractivity contribution is -0.136. The molecule has 0 saturated carbocycles. The topological polar surface area (TPSA) is 97.1 Å². The molecule has 1 heterocycles. The van der Waals surface area contributed by atoms with Crippen LogP contribution in [0, 0.1) is 5.92 Å². The highest BCUT2D eigenvalue weighted by Crippen LogP contribution is 2.08. The van der Waals surface area contributed by atoms with Gasteiger partial charge in [-0.25, -0.2) is 4.68 Å². The summed E-state index contributed by atoms with van der Waals surface area (Å²) in [5.41, 5.74) is 0.347. The summed E-state index contributed by atoms with van der Waals surface area (Å²) in [6.07, 6.45) is 4.49. The molecule has 0 fully saturated rings. The summed E-state index contributed by atoms with van der Waals surface area (Å²) in [7, 11) is 0. The molecule has 21 heavy (non-hydrogen) atoms. The molecule has 0 aliphatic carbocycles. The molecular formula is C14H24N4O3. The third kappa shape index (κ3) is 7.43. The SMILES string of the molecule is CC(C)CCCC(C)NC(=O)Cn1cc(CC(=O)O)nn1. The molecule has 0 aliphatic heterocycles. The minimum Gasteiger partial charge on any atom is -0.481 e. The van der Waals surface area contributed by atoms with Crippen molar-refractivity contribution in [3.8, 4) is 0 Å². The highest BCUT2D eigenvalue weighted by molar-refractivity contribution is 5.75. The van der Waals surface area contributed by atoms with Crippen molar-refractivity contribution < 1.29 is 14.7 Å². The van der Waals surface area contributed by atoms with Crippen LogP contribution >= 0.6 is 0 Å². The van der Waals surface area contributed by atoms with E-state index in [1.54, 1.807) is 0 Å². The van der Waals surface area contributed by atoms with E-state index in [9.17, 15) is 9.59 Å². The lowest BCUT2D eigenvalue weighted by atomic mass is 10.0. The van der Waals surface area contributed by atoms with Crippen molar-refractivity contribution in [3.63, 3.8) is 0 Å². The van der Waals surface area contributed by atoms with Crippen molar-refractivity contribution in [1.82, 2.24) is 20.3 Å². The number of rotatable bonds is 9. The normalized spacial score (nSPS) is 12.4. The highest BCUT2D eigenvalue weighted by Gasteiger charge is 2.11. The van der Waals surface area contributed by atoms with Gasteiger partial charge in [0.05, 0.1) is 12.1 Å². The standard InChI is InChI=1S/C14H24N4O3/c1-10(2)5-4-6-11(3)15-13(19)9-18-8-12(16-17-18)7-14(20)21/h8,10-11H,4-7,9H2,1-3H3,(H,15,19)(H,20,21). The summed E-state index contributed by atoms with van der Waals surface area (Å²) in [6.45, 7) is 6.40. The molecule has 1 rings (SSSR count). The van der Waals surface area contributed by atoms with Gasteiger partial charge in [-0.15, -0.1) is 5.10 Å². The van der Waals surface area contributed by atoms with Gasteiger partial charge in [-0.1, -0.05) is 31.9 Å². The molecule has 0 aliphatic rings. The van der Waals surface area contributed by atoms with Crippen LogP contribution in [0.3, 0.4) is 0 Å². The zero-order chi connectivity index (χ0) is 15.8. The van der Waals surface area contributed by atoms with E-state index in [4.69, 9.17) is 5.11 Å². The number of nitrogens with zero attached hydrogens (tertiary/aromatic N) is 3. The average Bonchev–Trinajstić information content (AvgIpc) is 2.74. The molecule has 7 nitrogen and oxygen atoms in total. The Morgan fingerprint density at radius 3 is 2.67 bits per heavy atom. The second-order valence-corrected chi connectivity index (χ2v) is 5.77. The van der Waals surface area contributed by atoms with Gasteiger partial charge in [0, 0.05) is 12.2 Å². The Kier molecular flexibility index (Phi) is 6.84. The molecule has 0 saturated heterocycles. The van der Waals surface area contributed by atoms with Crippen LogP contribution in [0.1, 0.15) is 45.7 Å². The van der Waals surface area contributed by atoms with E-state index in [1.165, 1.54) is 10.9 Å². The monoisotopic (exact) mass is 296 g/mol. The molecule has 1 atom stereocenters. The summed E-state index contributed by atoms with van der Waals surface area (Å²) in [4.78, 5) is 22.4. The molecule has 1 unspecified atom stereocenters. The van der Waals surface area contributed by atoms with Crippen LogP contribution in [0.2, 0.25) is 0 Å². The fraction of sp³-hybridized carbons (Fsp3) is 0.714. The number of aliphatic carboxylic acids is 1. The van der Waals surface area contributed by atoms with Crippen LogP contribution in [0.4, 0.5) is 0 Å². The Hall–Kier alpha value is -1.92. The van der Waals surface area contributed by atoms with Gasteiger partial charge in [0.15, 0.2) is 0 Å². The van der Waals surface area contributed by atoms with E-state index in [-0.39, 0.29) is 24.9 Å². The molecule has 1 amide bonds. The van der Waals surface area contributed by atoms with Gasteiger partial charge in [-0.2, -0.15) is 0 Å². The lowest BCUT2D eigenvalue weighted by Gasteiger charge is -2.14. The molecule has 0 bridgehead atoms. The maximum Gasteiger partial charge on any atom is 0.309 e. The van der Waals surface area contributed by atoms with Gasteiger partial charge >= 0.3 is 5.97 Å². The number of carboxylic acids is 1. The second kappa shape index (κ2) is 8.39. The number of amides is 1. The number of aromatic nitrogens is 3. The van der Waals surface area contributed by atoms with Crippen LogP contribution in [-0.4, -0.2) is 38.0 Å². The van der Waals surface area contributed by atoms with E-state index in [1.807, 2.05) is 6.92 Å². The molecule has 0 spiro atoms. The molecule has 118 valence electrons. The molecule has 1 aromatic heterocycles. The first-order valence-corrected chi connectivity index (χ1v) is 7.27. The summed E-state index contributed by atoms with van der Waals surface area (Å²) in [5.74, 6) is -0.431. The minimum absolute atomic E-state index is 0.0567. The van der Waals surface area contributed by atoms with Gasteiger partial charge in [-0.05, 0) is 19.3 Å². The highest BCUT2D eigenvalue weighted by atomic mass is 16.4. The lowest BCUT2D eigenvalue weighted by Crippen LogP contribution is -2.35. The van der Waals surface area contributed by atoms with Gasteiger partial charge in [0.1, 0.15) is 6.54 Å². The maximum atomic E-state index is 11.8. The Labute approximate surface area is 124 Å². The van der Waals surface area contributed by atoms with Crippen LogP contribution in [0.5, 0.6) is 0 Å². The summed E-state index contributed by atoms with van der Waals surface area (Å²) < 4.78 is 1.36.